The van der Waals surface area contributed by atoms with Gasteiger partial charge in [0, 0.05) is 19.8 Å². The molecule has 0 radical (unpaired) electrons. The summed E-state index contributed by atoms with van der Waals surface area (Å²) in [5.41, 5.74) is 1.27. The van der Waals surface area contributed by atoms with E-state index in [4.69, 9.17) is 10.00 Å². The Hall–Kier alpha value is -2.61. The molecular formula is C15H14FN3O. The lowest BCUT2D eigenvalue weighted by Gasteiger charge is -2.19. The van der Waals surface area contributed by atoms with Crippen LogP contribution in [0.1, 0.15) is 11.1 Å². The van der Waals surface area contributed by atoms with E-state index in [2.05, 4.69) is 11.1 Å². The van der Waals surface area contributed by atoms with Crippen molar-refractivity contribution < 1.29 is 9.13 Å². The van der Waals surface area contributed by atoms with Crippen molar-refractivity contribution in [3.63, 3.8) is 0 Å². The number of nitriles is 1. The molecule has 5 heteroatoms. The lowest BCUT2D eigenvalue weighted by molar-refractivity contribution is 0.386. The van der Waals surface area contributed by atoms with Gasteiger partial charge in [0.05, 0.1) is 12.7 Å². The second-order valence-corrected chi connectivity index (χ2v) is 4.31. The van der Waals surface area contributed by atoms with Crippen molar-refractivity contribution in [2.75, 3.05) is 19.1 Å². The highest BCUT2D eigenvalue weighted by molar-refractivity contribution is 5.53. The predicted molar refractivity (Wildman–Crippen MR) is 74.0 cm³/mol. The van der Waals surface area contributed by atoms with Gasteiger partial charge in [-0.15, -0.1) is 0 Å². The number of ether oxygens (including phenoxy) is 1. The minimum atomic E-state index is -0.403. The molecule has 1 aromatic carbocycles. The lowest BCUT2D eigenvalue weighted by Crippen LogP contribution is -2.19. The normalized spacial score (nSPS) is 9.90. The molecule has 0 N–H and O–H groups in total. The molecule has 20 heavy (non-hydrogen) atoms. The molecule has 102 valence electrons. The van der Waals surface area contributed by atoms with Crippen LogP contribution in [0.3, 0.4) is 0 Å². The van der Waals surface area contributed by atoms with E-state index in [0.29, 0.717) is 17.9 Å². The number of anilines is 1. The number of nitrogens with zero attached hydrogens (tertiary/aromatic N) is 3. The molecule has 0 saturated carbocycles. The maximum atomic E-state index is 13.6. The van der Waals surface area contributed by atoms with E-state index in [1.807, 2.05) is 7.05 Å². The summed E-state index contributed by atoms with van der Waals surface area (Å²) < 4.78 is 18.5. The van der Waals surface area contributed by atoms with Crippen LogP contribution < -0.4 is 9.64 Å². The van der Waals surface area contributed by atoms with Crippen molar-refractivity contribution >= 4 is 5.82 Å². The second kappa shape index (κ2) is 6.02. The zero-order valence-electron chi connectivity index (χ0n) is 11.3. The summed E-state index contributed by atoms with van der Waals surface area (Å²) in [4.78, 5) is 5.99. The third-order valence-electron chi connectivity index (χ3n) is 2.90. The first-order valence-corrected chi connectivity index (χ1v) is 6.04. The molecule has 0 atom stereocenters. The van der Waals surface area contributed by atoms with Crippen LogP contribution in [-0.4, -0.2) is 19.1 Å². The van der Waals surface area contributed by atoms with E-state index in [0.717, 1.165) is 5.56 Å². The van der Waals surface area contributed by atoms with Gasteiger partial charge in [-0.05, 0) is 29.8 Å². The highest BCUT2D eigenvalue weighted by atomic mass is 19.1. The second-order valence-electron chi connectivity index (χ2n) is 4.31. The fraction of sp³-hybridized carbons (Fsp3) is 0.200. The Labute approximate surface area is 117 Å². The summed E-state index contributed by atoms with van der Waals surface area (Å²) in [5.74, 6) is 0.387. The molecule has 0 spiro atoms. The van der Waals surface area contributed by atoms with Gasteiger partial charge in [-0.1, -0.05) is 6.07 Å². The third kappa shape index (κ3) is 2.86. The summed E-state index contributed by atoms with van der Waals surface area (Å²) in [5, 5.41) is 9.05. The monoisotopic (exact) mass is 271 g/mol. The molecule has 0 amide bonds. The molecule has 0 bridgehead atoms. The quantitative estimate of drug-likeness (QED) is 0.858. The first kappa shape index (κ1) is 13.8. The van der Waals surface area contributed by atoms with E-state index in [1.54, 1.807) is 35.4 Å². The smallest absolute Gasteiger partial charge is 0.165 e. The first-order valence-electron chi connectivity index (χ1n) is 6.04. The fourth-order valence-corrected chi connectivity index (χ4v) is 1.95. The number of hydrogen-bond acceptors (Lipinski definition) is 4. The average Bonchev–Trinajstić information content (AvgIpc) is 2.47. The Morgan fingerprint density at radius 1 is 1.40 bits per heavy atom. The maximum absolute atomic E-state index is 13.6. The van der Waals surface area contributed by atoms with Crippen molar-refractivity contribution in [1.29, 1.82) is 5.26 Å². The molecule has 1 aromatic heterocycles. The number of rotatable bonds is 4. The van der Waals surface area contributed by atoms with Crippen molar-refractivity contribution in [3.8, 4) is 11.8 Å². The Balaban J connectivity index is 2.21. The molecular weight excluding hydrogens is 257 g/mol. The molecule has 0 fully saturated rings. The van der Waals surface area contributed by atoms with Crippen LogP contribution in [0, 0.1) is 17.1 Å². The summed E-state index contributed by atoms with van der Waals surface area (Å²) in [6, 6.07) is 10.3. The van der Waals surface area contributed by atoms with Crippen LogP contribution in [0.5, 0.6) is 5.75 Å². The van der Waals surface area contributed by atoms with Gasteiger partial charge in [-0.25, -0.2) is 9.37 Å². The molecule has 0 aliphatic heterocycles. The largest absolute Gasteiger partial charge is 0.494 e. The maximum Gasteiger partial charge on any atom is 0.165 e. The number of hydrogen-bond donors (Lipinski definition) is 0. The van der Waals surface area contributed by atoms with Crippen molar-refractivity contribution in [2.24, 2.45) is 0 Å². The van der Waals surface area contributed by atoms with Crippen LogP contribution in [0.15, 0.2) is 36.5 Å². The topological polar surface area (TPSA) is 49.1 Å². The first-order chi connectivity index (χ1) is 9.65. The van der Waals surface area contributed by atoms with Crippen molar-refractivity contribution in [3.05, 3.63) is 53.5 Å². The molecule has 2 rings (SSSR count). The van der Waals surface area contributed by atoms with Crippen molar-refractivity contribution in [2.45, 2.75) is 6.54 Å². The molecule has 1 heterocycles. The fourth-order valence-electron chi connectivity index (χ4n) is 1.95. The van der Waals surface area contributed by atoms with Crippen molar-refractivity contribution in [1.82, 2.24) is 4.98 Å². The molecule has 0 aliphatic carbocycles. The van der Waals surface area contributed by atoms with E-state index in [-0.39, 0.29) is 5.75 Å². The van der Waals surface area contributed by atoms with Crippen LogP contribution in [0.25, 0.3) is 0 Å². The number of aromatic nitrogens is 1. The minimum Gasteiger partial charge on any atom is -0.494 e. The summed E-state index contributed by atoms with van der Waals surface area (Å²) in [6.45, 7) is 0.451. The van der Waals surface area contributed by atoms with E-state index in [1.165, 1.54) is 13.2 Å². The van der Waals surface area contributed by atoms with E-state index in [9.17, 15) is 4.39 Å². The van der Waals surface area contributed by atoms with Gasteiger partial charge in [-0.3, -0.25) is 0 Å². The van der Waals surface area contributed by atoms with E-state index < -0.39 is 5.82 Å². The lowest BCUT2D eigenvalue weighted by atomic mass is 10.2. The zero-order valence-corrected chi connectivity index (χ0v) is 11.3. The van der Waals surface area contributed by atoms with E-state index >= 15 is 0 Å². The van der Waals surface area contributed by atoms with Crippen LogP contribution in [-0.2, 0) is 6.54 Å². The Morgan fingerprint density at radius 2 is 2.20 bits per heavy atom. The zero-order chi connectivity index (χ0) is 14.5. The summed E-state index contributed by atoms with van der Waals surface area (Å²) in [7, 11) is 3.24. The van der Waals surface area contributed by atoms with Gasteiger partial charge in [0.25, 0.3) is 0 Å². The predicted octanol–water partition coefficient (Wildman–Crippen LogP) is 2.74. The highest BCUT2D eigenvalue weighted by Gasteiger charge is 2.10. The average molecular weight is 271 g/mol. The van der Waals surface area contributed by atoms with Crippen LogP contribution >= 0.6 is 0 Å². The molecule has 0 unspecified atom stereocenters. The van der Waals surface area contributed by atoms with Gasteiger partial charge in [0.1, 0.15) is 11.9 Å². The van der Waals surface area contributed by atoms with Crippen LogP contribution in [0.2, 0.25) is 0 Å². The van der Waals surface area contributed by atoms with Gasteiger partial charge < -0.3 is 9.64 Å². The number of methoxy groups -OCH3 is 1. The Morgan fingerprint density at radius 3 is 2.85 bits per heavy atom. The standard InChI is InChI=1S/C15H14FN3O/c1-19(15-12(9-17)4-3-7-18-15)10-11-5-6-14(20-2)13(16)8-11/h3-8H,10H2,1-2H3. The molecule has 2 aromatic rings. The van der Waals surface area contributed by atoms with Gasteiger partial charge >= 0.3 is 0 Å². The highest BCUT2D eigenvalue weighted by Crippen LogP contribution is 2.21. The van der Waals surface area contributed by atoms with Gasteiger partial charge in [-0.2, -0.15) is 5.26 Å². The van der Waals surface area contributed by atoms with Gasteiger partial charge in [0.2, 0.25) is 0 Å². The number of pyridine rings is 1. The Bertz CT molecular complexity index is 652. The molecule has 4 nitrogen and oxygen atoms in total. The number of benzene rings is 1. The minimum absolute atomic E-state index is 0.215. The number of halogens is 1. The molecule has 0 aliphatic rings. The Kier molecular flexibility index (Phi) is 4.16. The molecule has 0 saturated heterocycles. The SMILES string of the molecule is COc1ccc(CN(C)c2ncccc2C#N)cc1F. The van der Waals surface area contributed by atoms with Gasteiger partial charge in [0.15, 0.2) is 11.6 Å². The third-order valence-corrected chi connectivity index (χ3v) is 2.90. The van der Waals surface area contributed by atoms with Crippen LogP contribution in [0.4, 0.5) is 10.2 Å². The summed E-state index contributed by atoms with van der Waals surface area (Å²) in [6.07, 6.45) is 1.63. The summed E-state index contributed by atoms with van der Waals surface area (Å²) >= 11 is 0.